The van der Waals surface area contributed by atoms with E-state index in [0.717, 1.165) is 16.9 Å². The van der Waals surface area contributed by atoms with Crippen molar-refractivity contribution in [3.63, 3.8) is 0 Å². The molecule has 1 aromatic carbocycles. The molecule has 1 atom stereocenters. The van der Waals surface area contributed by atoms with Gasteiger partial charge in [-0.1, -0.05) is 12.1 Å². The number of rotatable bonds is 4. The topological polar surface area (TPSA) is 86.4 Å². The zero-order valence-electron chi connectivity index (χ0n) is 15.9. The lowest BCUT2D eigenvalue weighted by Gasteiger charge is -2.23. The van der Waals surface area contributed by atoms with Crippen LogP contribution in [0.5, 0.6) is 0 Å². The predicted molar refractivity (Wildman–Crippen MR) is 103 cm³/mol. The largest absolute Gasteiger partial charge is 0.465 e. The van der Waals surface area contributed by atoms with E-state index < -0.39 is 0 Å². The molecule has 1 aliphatic rings. The van der Waals surface area contributed by atoms with Crippen molar-refractivity contribution < 1.29 is 18.7 Å². The summed E-state index contributed by atoms with van der Waals surface area (Å²) in [6, 6.07) is 10.9. The normalized spacial score (nSPS) is 16.0. The number of benzene rings is 1. The van der Waals surface area contributed by atoms with E-state index in [-0.39, 0.29) is 23.8 Å². The van der Waals surface area contributed by atoms with Gasteiger partial charge in [-0.3, -0.25) is 4.79 Å². The average Bonchev–Trinajstić information content (AvgIpc) is 3.34. The highest BCUT2D eigenvalue weighted by Gasteiger charge is 2.32. The fourth-order valence-electron chi connectivity index (χ4n) is 3.47. The minimum absolute atomic E-state index is 0.0553. The number of nitrogens with one attached hydrogen (secondary N) is 1. The van der Waals surface area contributed by atoms with E-state index in [0.29, 0.717) is 23.5 Å². The molecule has 0 spiro atoms. The van der Waals surface area contributed by atoms with E-state index in [1.54, 1.807) is 18.3 Å². The number of ether oxygens (including phenoxy) is 1. The SMILES string of the molecule is COC(=O)c1ccc(-c2ccc(C3CC(=O)Nc4c3cnn4C(C)C)o2)cc1. The third-order valence-electron chi connectivity index (χ3n) is 4.90. The Balaban J connectivity index is 1.65. The molecule has 1 unspecified atom stereocenters. The third kappa shape index (κ3) is 3.09. The Morgan fingerprint density at radius 3 is 2.68 bits per heavy atom. The molecule has 0 saturated heterocycles. The van der Waals surface area contributed by atoms with E-state index >= 15 is 0 Å². The van der Waals surface area contributed by atoms with Crippen LogP contribution in [0.4, 0.5) is 5.82 Å². The van der Waals surface area contributed by atoms with Crippen LogP contribution in [-0.4, -0.2) is 28.8 Å². The molecule has 4 rings (SSSR count). The Hall–Kier alpha value is -3.35. The summed E-state index contributed by atoms with van der Waals surface area (Å²) in [5.41, 5.74) is 2.28. The lowest BCUT2D eigenvalue weighted by Crippen LogP contribution is -2.25. The van der Waals surface area contributed by atoms with Gasteiger partial charge < -0.3 is 14.5 Å². The first-order valence-corrected chi connectivity index (χ1v) is 9.13. The number of anilines is 1. The Labute approximate surface area is 162 Å². The van der Waals surface area contributed by atoms with Crippen LogP contribution in [0.2, 0.25) is 0 Å². The Bertz CT molecular complexity index is 1030. The molecule has 0 aliphatic carbocycles. The van der Waals surface area contributed by atoms with Gasteiger partial charge in [-0.05, 0) is 38.1 Å². The van der Waals surface area contributed by atoms with Crippen LogP contribution < -0.4 is 5.32 Å². The number of aromatic nitrogens is 2. The van der Waals surface area contributed by atoms with E-state index in [9.17, 15) is 9.59 Å². The molecule has 3 heterocycles. The van der Waals surface area contributed by atoms with Gasteiger partial charge in [0.05, 0.1) is 24.8 Å². The highest BCUT2D eigenvalue weighted by molar-refractivity contribution is 5.94. The van der Waals surface area contributed by atoms with Crippen molar-refractivity contribution in [3.05, 3.63) is 59.5 Å². The number of furan rings is 1. The number of carbonyl (C=O) groups excluding carboxylic acids is 2. The van der Waals surface area contributed by atoms with E-state index in [4.69, 9.17) is 9.15 Å². The van der Waals surface area contributed by atoms with E-state index in [1.807, 2.05) is 42.8 Å². The van der Waals surface area contributed by atoms with Crippen molar-refractivity contribution >= 4 is 17.7 Å². The smallest absolute Gasteiger partial charge is 0.337 e. The van der Waals surface area contributed by atoms with Gasteiger partial charge >= 0.3 is 5.97 Å². The molecule has 1 N–H and O–H groups in total. The molecule has 144 valence electrons. The summed E-state index contributed by atoms with van der Waals surface area (Å²) in [4.78, 5) is 23.8. The van der Waals surface area contributed by atoms with Crippen LogP contribution in [0, 0.1) is 0 Å². The summed E-state index contributed by atoms with van der Waals surface area (Å²) in [5.74, 6) is 1.51. The number of hydrogen-bond donors (Lipinski definition) is 1. The van der Waals surface area contributed by atoms with Crippen molar-refractivity contribution in [2.24, 2.45) is 0 Å². The summed E-state index contributed by atoms with van der Waals surface area (Å²) in [6.45, 7) is 4.04. The average molecular weight is 379 g/mol. The molecule has 0 fully saturated rings. The second-order valence-corrected chi connectivity index (χ2v) is 7.06. The zero-order valence-corrected chi connectivity index (χ0v) is 15.9. The molecule has 0 saturated carbocycles. The third-order valence-corrected chi connectivity index (χ3v) is 4.90. The molecule has 0 radical (unpaired) electrons. The molecule has 7 nitrogen and oxygen atoms in total. The van der Waals surface area contributed by atoms with Gasteiger partial charge in [-0.2, -0.15) is 5.10 Å². The van der Waals surface area contributed by atoms with E-state index in [1.165, 1.54) is 7.11 Å². The number of nitrogens with zero attached hydrogens (tertiary/aromatic N) is 2. The van der Waals surface area contributed by atoms with Gasteiger partial charge in [-0.15, -0.1) is 0 Å². The van der Waals surface area contributed by atoms with Gasteiger partial charge in [0.25, 0.3) is 0 Å². The highest BCUT2D eigenvalue weighted by Crippen LogP contribution is 2.39. The number of fused-ring (bicyclic) bond motifs is 1. The van der Waals surface area contributed by atoms with Crippen LogP contribution in [0.15, 0.2) is 47.0 Å². The van der Waals surface area contributed by atoms with Gasteiger partial charge in [0, 0.05) is 23.6 Å². The minimum Gasteiger partial charge on any atom is -0.465 e. The molecule has 28 heavy (non-hydrogen) atoms. The lowest BCUT2D eigenvalue weighted by atomic mass is 9.92. The monoisotopic (exact) mass is 379 g/mol. The van der Waals surface area contributed by atoms with Crippen LogP contribution in [0.25, 0.3) is 11.3 Å². The minimum atomic E-state index is -0.380. The summed E-state index contributed by atoms with van der Waals surface area (Å²) in [6.07, 6.45) is 2.11. The van der Waals surface area contributed by atoms with Crippen LogP contribution in [-0.2, 0) is 9.53 Å². The van der Waals surface area contributed by atoms with Crippen LogP contribution in [0.1, 0.15) is 53.9 Å². The Morgan fingerprint density at radius 1 is 1.25 bits per heavy atom. The summed E-state index contributed by atoms with van der Waals surface area (Å²) >= 11 is 0. The molecule has 7 heteroatoms. The summed E-state index contributed by atoms with van der Waals surface area (Å²) < 4.78 is 12.6. The number of esters is 1. The maximum absolute atomic E-state index is 12.3. The summed E-state index contributed by atoms with van der Waals surface area (Å²) in [5, 5.41) is 7.35. The molecular formula is C21H21N3O4. The Morgan fingerprint density at radius 2 is 2.00 bits per heavy atom. The van der Waals surface area contributed by atoms with Gasteiger partial charge in [0.1, 0.15) is 17.3 Å². The van der Waals surface area contributed by atoms with Gasteiger partial charge in [0.15, 0.2) is 0 Å². The first-order valence-electron chi connectivity index (χ1n) is 9.13. The Kier molecular flexibility index (Phi) is 4.50. The number of methoxy groups -OCH3 is 1. The first-order chi connectivity index (χ1) is 13.5. The number of amides is 1. The van der Waals surface area contributed by atoms with Gasteiger partial charge in [0.2, 0.25) is 5.91 Å². The molecule has 0 bridgehead atoms. The van der Waals surface area contributed by atoms with Gasteiger partial charge in [-0.25, -0.2) is 9.48 Å². The zero-order chi connectivity index (χ0) is 19.8. The molecule has 1 aliphatic heterocycles. The predicted octanol–water partition coefficient (Wildman–Crippen LogP) is 3.98. The molecule has 1 amide bonds. The molecule has 3 aromatic rings. The summed E-state index contributed by atoms with van der Waals surface area (Å²) in [7, 11) is 1.35. The highest BCUT2D eigenvalue weighted by atomic mass is 16.5. The number of hydrogen-bond acceptors (Lipinski definition) is 5. The van der Waals surface area contributed by atoms with Crippen molar-refractivity contribution in [2.45, 2.75) is 32.2 Å². The lowest BCUT2D eigenvalue weighted by molar-refractivity contribution is -0.116. The molecular weight excluding hydrogens is 358 g/mol. The van der Waals surface area contributed by atoms with Crippen LogP contribution >= 0.6 is 0 Å². The maximum atomic E-state index is 12.3. The standard InChI is InChI=1S/C21H21N3O4/c1-12(2)24-20-16(11-22-24)15(10-19(25)23-20)18-9-8-17(28-18)13-4-6-14(7-5-13)21(26)27-3/h4-9,11-12,15H,10H2,1-3H3,(H,23,25). The van der Waals surface area contributed by atoms with Crippen molar-refractivity contribution in [1.29, 1.82) is 0 Å². The first kappa shape index (κ1) is 18.0. The van der Waals surface area contributed by atoms with E-state index in [2.05, 4.69) is 10.4 Å². The molecule has 2 aromatic heterocycles. The number of carbonyl (C=O) groups is 2. The quantitative estimate of drug-likeness (QED) is 0.693. The fourth-order valence-corrected chi connectivity index (χ4v) is 3.47. The van der Waals surface area contributed by atoms with Crippen molar-refractivity contribution in [3.8, 4) is 11.3 Å². The van der Waals surface area contributed by atoms with Crippen LogP contribution in [0.3, 0.4) is 0 Å². The second-order valence-electron chi connectivity index (χ2n) is 7.06. The van der Waals surface area contributed by atoms with Crippen molar-refractivity contribution in [2.75, 3.05) is 12.4 Å². The fraction of sp³-hybridized carbons (Fsp3) is 0.286. The maximum Gasteiger partial charge on any atom is 0.337 e. The second kappa shape index (κ2) is 6.99. The van der Waals surface area contributed by atoms with Crippen molar-refractivity contribution in [1.82, 2.24) is 9.78 Å².